The van der Waals surface area contributed by atoms with Crippen molar-refractivity contribution >= 4 is 84.6 Å². The molecule has 0 amide bonds. The van der Waals surface area contributed by atoms with Crippen LogP contribution >= 0.6 is 14.9 Å². The molecular weight excluding hydrogens is 1030 g/mol. The third-order valence-electron chi connectivity index (χ3n) is 11.2. The Balaban J connectivity index is 0.000000282. The molecule has 28 nitrogen and oxygen atoms in total. The summed E-state index contributed by atoms with van der Waals surface area (Å²) in [6, 6.07) is -2.77. The van der Waals surface area contributed by atoms with Gasteiger partial charge in [-0.25, -0.2) is 30.3 Å². The molecule has 0 aromatic carbocycles. The minimum atomic E-state index is -3.64. The molecule has 2 saturated carbocycles. The molecule has 30 heteroatoms. The number of esters is 4. The number of carbonyl (C=O) groups excluding carboxylic acids is 4. The van der Waals surface area contributed by atoms with Gasteiger partial charge in [0.05, 0.1) is 51.3 Å². The quantitative estimate of drug-likeness (QED) is 0.0148. The molecule has 424 valence electrons. The number of nitrogens with zero attached hydrogens (tertiary/aromatic N) is 8. The van der Waals surface area contributed by atoms with Crippen molar-refractivity contribution in [1.82, 2.24) is 59.4 Å². The number of hydrogen-bond donors (Lipinski definition) is 8. The van der Waals surface area contributed by atoms with Crippen molar-refractivity contribution in [3.05, 3.63) is 12.7 Å². The largest absolute Gasteiger partial charge is 0.465 e. The van der Waals surface area contributed by atoms with E-state index in [0.717, 1.165) is 25.7 Å². The molecule has 6 rings (SSSR count). The van der Waals surface area contributed by atoms with Crippen LogP contribution in [0.3, 0.4) is 0 Å². The van der Waals surface area contributed by atoms with E-state index in [1.807, 2.05) is 0 Å². The predicted molar refractivity (Wildman–Crippen MR) is 285 cm³/mol. The molecule has 4 heterocycles. The van der Waals surface area contributed by atoms with Crippen LogP contribution in [0, 0.1) is 0 Å². The van der Waals surface area contributed by atoms with Gasteiger partial charge < -0.3 is 59.7 Å². The van der Waals surface area contributed by atoms with Gasteiger partial charge in [0, 0.05) is 25.2 Å². The van der Waals surface area contributed by atoms with Crippen molar-refractivity contribution in [2.75, 3.05) is 61.2 Å². The topological polar surface area (TPSA) is 369 Å². The van der Waals surface area contributed by atoms with E-state index in [1.54, 1.807) is 77.2 Å². The number of nitrogens with two attached hydrogens (primary N) is 2. The highest BCUT2D eigenvalue weighted by Crippen LogP contribution is 2.40. The fourth-order valence-corrected chi connectivity index (χ4v) is 11.5. The van der Waals surface area contributed by atoms with Gasteiger partial charge in [-0.2, -0.15) is 19.9 Å². The smallest absolute Gasteiger partial charge is 0.323 e. The van der Waals surface area contributed by atoms with E-state index >= 15 is 0 Å². The second kappa shape index (κ2) is 28.7. The molecule has 0 radical (unpaired) electrons. The van der Waals surface area contributed by atoms with Gasteiger partial charge in [-0.15, -0.1) is 0 Å². The number of aromatic nitrogens is 8. The number of carbonyl (C=O) groups is 4. The van der Waals surface area contributed by atoms with Gasteiger partial charge in [0.2, 0.25) is 26.8 Å². The third-order valence-corrected chi connectivity index (χ3v) is 15.4. The van der Waals surface area contributed by atoms with Crippen LogP contribution in [0.5, 0.6) is 0 Å². The Morgan fingerprint density at radius 2 is 0.961 bits per heavy atom. The Hall–Kier alpha value is -5.60. The summed E-state index contributed by atoms with van der Waals surface area (Å²) < 4.78 is 63.4. The number of ether oxygens (including phenoxy) is 6. The van der Waals surface area contributed by atoms with Gasteiger partial charge in [-0.1, -0.05) is 13.8 Å². The minimum Gasteiger partial charge on any atom is -0.465 e. The Labute approximate surface area is 442 Å². The van der Waals surface area contributed by atoms with Gasteiger partial charge in [0.25, 0.3) is 0 Å². The number of anilines is 4. The first-order valence-electron chi connectivity index (χ1n) is 25.8. The zero-order chi connectivity index (χ0) is 55.7. The minimum absolute atomic E-state index is 0.132. The molecule has 4 unspecified atom stereocenters. The molecule has 0 spiro atoms. The van der Waals surface area contributed by atoms with Crippen molar-refractivity contribution in [3.8, 4) is 0 Å². The Bertz CT molecular complexity index is 2600. The maximum Gasteiger partial charge on any atom is 0.323 e. The summed E-state index contributed by atoms with van der Waals surface area (Å²) in [5.41, 5.74) is 14.1. The van der Waals surface area contributed by atoms with Crippen molar-refractivity contribution in [1.29, 1.82) is 0 Å². The summed E-state index contributed by atoms with van der Waals surface area (Å²) >= 11 is 0. The first kappa shape index (κ1) is 61.3. The standard InChI is InChI=1S/C25H43N8O6P.C21H35N8O6P/c1-7-18(23(34)38-15(3)4)31-40(36,32-19(8-2)24(35)39-16(5)6)14-37-12-11-33-13-27-20-21(28-17-9-10-17)29-25(26)30-22(20)33;1-5-34-19(30)13(3)27-36(32,28-14(4)20(31)35-6-2)12-33-10-9-29-11-23-16-17(24-15-7-8-15)25-21(22)26-18(16)29/h13,15-19H,7-12,14H2,1-6H3,(H2,31,32,36)(H3,26,28,29,30);11,13-15H,5-10,12H2,1-4H3,(H2,27,28,32)(H3,22,24,25,26). The number of fused-ring (bicyclic) bond motifs is 2. The summed E-state index contributed by atoms with van der Waals surface area (Å²) in [6.45, 7) is 18.3. The molecule has 4 aromatic rings. The first-order valence-corrected chi connectivity index (χ1v) is 29.6. The van der Waals surface area contributed by atoms with Gasteiger partial charge >= 0.3 is 23.9 Å². The average Bonchev–Trinajstić information content (AvgIpc) is 4.28. The fraction of sp³-hybridized carbons (Fsp3) is 0.696. The van der Waals surface area contributed by atoms with E-state index in [-0.39, 0.29) is 63.2 Å². The van der Waals surface area contributed by atoms with Crippen LogP contribution in [0.1, 0.15) is 108 Å². The Morgan fingerprint density at radius 1 is 0.592 bits per heavy atom. The lowest BCUT2D eigenvalue weighted by Gasteiger charge is -2.28. The molecule has 4 atom stereocenters. The number of rotatable bonds is 32. The molecule has 0 aliphatic heterocycles. The molecule has 2 fully saturated rings. The predicted octanol–water partition coefficient (Wildman–Crippen LogP) is 4.02. The molecule has 0 saturated heterocycles. The lowest BCUT2D eigenvalue weighted by Crippen LogP contribution is -2.45. The zero-order valence-electron chi connectivity index (χ0n) is 45.2. The van der Waals surface area contributed by atoms with E-state index in [4.69, 9.17) is 39.9 Å². The van der Waals surface area contributed by atoms with Crippen LogP contribution in [0.2, 0.25) is 0 Å². The average molecular weight is 1110 g/mol. The summed E-state index contributed by atoms with van der Waals surface area (Å²) in [4.78, 5) is 75.4. The van der Waals surface area contributed by atoms with Crippen LogP contribution in [0.4, 0.5) is 23.5 Å². The Morgan fingerprint density at radius 3 is 1.29 bits per heavy atom. The first-order chi connectivity index (χ1) is 36.1. The molecule has 2 aliphatic rings. The van der Waals surface area contributed by atoms with Crippen LogP contribution in [-0.2, 0) is 69.8 Å². The van der Waals surface area contributed by atoms with Crippen LogP contribution in [0.15, 0.2) is 12.7 Å². The second-order valence-corrected chi connectivity index (χ2v) is 23.3. The maximum atomic E-state index is 14.1. The number of hydrogen-bond acceptors (Lipinski definition) is 22. The van der Waals surface area contributed by atoms with Crippen molar-refractivity contribution in [2.24, 2.45) is 0 Å². The highest BCUT2D eigenvalue weighted by Gasteiger charge is 2.36. The molecule has 4 aromatic heterocycles. The van der Waals surface area contributed by atoms with Crippen LogP contribution in [-0.4, -0.2) is 150 Å². The van der Waals surface area contributed by atoms with Gasteiger partial charge in [-0.05, 0) is 93.9 Å². The van der Waals surface area contributed by atoms with Crippen LogP contribution in [0.25, 0.3) is 22.3 Å². The SMILES string of the molecule is CCC(NP(=O)(COCCn1cnc2c(NC3CC3)nc(N)nc21)NC(CC)C(=O)OC(C)C)C(=O)OC(C)C.CCOC(=O)C(C)NP(=O)(COCCn1cnc2c(NC3CC3)nc(N)nc21)NC(C)C(=O)OCC. The number of nitrogens with one attached hydrogen (secondary N) is 6. The molecular formula is C46H78N16O12P2. The zero-order valence-corrected chi connectivity index (χ0v) is 47.0. The molecule has 76 heavy (non-hydrogen) atoms. The second-order valence-electron chi connectivity index (χ2n) is 18.8. The summed E-state index contributed by atoms with van der Waals surface area (Å²) in [5.74, 6) is -0.743. The number of imidazole rings is 2. The van der Waals surface area contributed by atoms with E-state index in [9.17, 15) is 28.3 Å². The van der Waals surface area contributed by atoms with Gasteiger partial charge in [0.15, 0.2) is 34.0 Å². The summed E-state index contributed by atoms with van der Waals surface area (Å²) in [6.07, 6.45) is 6.93. The van der Waals surface area contributed by atoms with Crippen molar-refractivity contribution in [3.63, 3.8) is 0 Å². The van der Waals surface area contributed by atoms with E-state index in [2.05, 4.69) is 60.9 Å². The molecule has 0 bridgehead atoms. The number of nitrogen functional groups attached to an aromatic ring is 2. The van der Waals surface area contributed by atoms with Crippen molar-refractivity contribution < 1.29 is 56.7 Å². The van der Waals surface area contributed by atoms with Crippen molar-refractivity contribution in [2.45, 2.75) is 169 Å². The summed E-state index contributed by atoms with van der Waals surface area (Å²) in [5, 5.41) is 17.9. The normalized spacial score (nSPS) is 16.7. The lowest BCUT2D eigenvalue weighted by atomic mass is 10.2. The van der Waals surface area contributed by atoms with E-state index in [1.165, 1.54) is 13.8 Å². The highest BCUT2D eigenvalue weighted by atomic mass is 31.2. The Kier molecular flexibility index (Phi) is 23.1. The molecule has 2 aliphatic carbocycles. The van der Waals surface area contributed by atoms with Gasteiger partial charge in [0.1, 0.15) is 36.9 Å². The lowest BCUT2D eigenvalue weighted by molar-refractivity contribution is -0.150. The maximum absolute atomic E-state index is 14.1. The molecule has 10 N–H and O–H groups in total. The fourth-order valence-electron chi connectivity index (χ4n) is 7.25. The monoisotopic (exact) mass is 1110 g/mol. The van der Waals surface area contributed by atoms with E-state index < -0.39 is 62.9 Å². The summed E-state index contributed by atoms with van der Waals surface area (Å²) in [7, 11) is -7.21. The highest BCUT2D eigenvalue weighted by molar-refractivity contribution is 7.60. The van der Waals surface area contributed by atoms with Crippen LogP contribution < -0.4 is 42.5 Å². The third kappa shape index (κ3) is 18.8. The van der Waals surface area contributed by atoms with Gasteiger partial charge in [-0.3, -0.25) is 28.3 Å². The van der Waals surface area contributed by atoms with E-state index in [0.29, 0.717) is 72.0 Å².